The zero-order chi connectivity index (χ0) is 17.3. The first kappa shape index (κ1) is 19.4. The Morgan fingerprint density at radius 2 is 2.22 bits per heavy atom. The maximum Gasteiger partial charge on any atom is 0.293 e. The molecule has 1 aromatic rings. The standard InChI is InChI=1S/C11H14ClN3O.C5H10O2/c12-9-3-1-2-8(6-9)7-13-11(16)10-4-5-14-15-10;1-5(2,3)7-4-6/h1-3,6,10,14-15H,4-5,7H2,(H,13,16);4H,1-3H3. The van der Waals surface area contributed by atoms with Gasteiger partial charge in [-0.15, -0.1) is 0 Å². The maximum absolute atomic E-state index is 11.7. The summed E-state index contributed by atoms with van der Waals surface area (Å²) in [5.74, 6) is 0.0185. The first-order chi connectivity index (χ1) is 10.8. The molecule has 0 radical (unpaired) electrons. The van der Waals surface area contributed by atoms with Crippen LogP contribution >= 0.6 is 11.6 Å². The lowest BCUT2D eigenvalue weighted by molar-refractivity contribution is -0.138. The van der Waals surface area contributed by atoms with E-state index in [0.717, 1.165) is 18.5 Å². The van der Waals surface area contributed by atoms with Crippen LogP contribution in [0.3, 0.4) is 0 Å². The number of nitrogens with one attached hydrogen (secondary N) is 3. The van der Waals surface area contributed by atoms with E-state index >= 15 is 0 Å². The number of hydrogen-bond donors (Lipinski definition) is 3. The van der Waals surface area contributed by atoms with Gasteiger partial charge >= 0.3 is 0 Å². The van der Waals surface area contributed by atoms with Gasteiger partial charge in [0.15, 0.2) is 0 Å². The summed E-state index contributed by atoms with van der Waals surface area (Å²) < 4.78 is 4.55. The van der Waals surface area contributed by atoms with Crippen LogP contribution in [0.1, 0.15) is 32.8 Å². The van der Waals surface area contributed by atoms with Crippen LogP contribution in [-0.2, 0) is 20.9 Å². The molecular weight excluding hydrogens is 318 g/mol. The molecule has 1 unspecified atom stereocenters. The Morgan fingerprint density at radius 1 is 1.48 bits per heavy atom. The molecule has 1 saturated heterocycles. The molecule has 1 aromatic carbocycles. The average Bonchev–Trinajstić information content (AvgIpc) is 2.98. The summed E-state index contributed by atoms with van der Waals surface area (Å²) in [5.41, 5.74) is 6.53. The van der Waals surface area contributed by atoms with Gasteiger partial charge < -0.3 is 10.1 Å². The Morgan fingerprint density at radius 3 is 2.70 bits per heavy atom. The van der Waals surface area contributed by atoms with Crippen molar-refractivity contribution in [2.75, 3.05) is 6.54 Å². The van der Waals surface area contributed by atoms with Crippen molar-refractivity contribution >= 4 is 24.0 Å². The minimum atomic E-state index is -0.318. The van der Waals surface area contributed by atoms with E-state index in [-0.39, 0.29) is 17.6 Å². The van der Waals surface area contributed by atoms with Gasteiger partial charge in [0, 0.05) is 18.1 Å². The van der Waals surface area contributed by atoms with Crippen molar-refractivity contribution in [3.63, 3.8) is 0 Å². The Balaban J connectivity index is 0.000000322. The van der Waals surface area contributed by atoms with Gasteiger partial charge in [-0.3, -0.25) is 15.0 Å². The van der Waals surface area contributed by atoms with Gasteiger partial charge in [0.05, 0.1) is 0 Å². The smallest absolute Gasteiger partial charge is 0.293 e. The SMILES string of the molecule is CC(C)(C)OC=O.O=C(NCc1cccc(Cl)c1)C1CCNN1. The largest absolute Gasteiger partial charge is 0.462 e. The fourth-order valence-corrected chi connectivity index (χ4v) is 2.00. The van der Waals surface area contributed by atoms with Crippen LogP contribution in [0.4, 0.5) is 0 Å². The molecule has 1 atom stereocenters. The van der Waals surface area contributed by atoms with E-state index in [1.807, 2.05) is 45.0 Å². The molecule has 0 bridgehead atoms. The van der Waals surface area contributed by atoms with Crippen molar-refractivity contribution in [1.29, 1.82) is 0 Å². The fraction of sp³-hybridized carbons (Fsp3) is 0.500. The third-order valence-electron chi connectivity index (χ3n) is 2.91. The molecule has 2 rings (SSSR count). The lowest BCUT2D eigenvalue weighted by atomic mass is 10.2. The molecule has 3 N–H and O–H groups in total. The second-order valence-electron chi connectivity index (χ2n) is 6.09. The predicted molar refractivity (Wildman–Crippen MR) is 89.7 cm³/mol. The number of hydrogen-bond acceptors (Lipinski definition) is 5. The van der Waals surface area contributed by atoms with Gasteiger partial charge in [0.1, 0.15) is 11.6 Å². The topological polar surface area (TPSA) is 79.5 Å². The first-order valence-electron chi connectivity index (χ1n) is 7.44. The van der Waals surface area contributed by atoms with Crippen LogP contribution in [0.25, 0.3) is 0 Å². The fourth-order valence-electron chi connectivity index (χ4n) is 1.78. The van der Waals surface area contributed by atoms with Crippen LogP contribution < -0.4 is 16.2 Å². The Kier molecular flexibility index (Phi) is 8.02. The zero-order valence-electron chi connectivity index (χ0n) is 13.7. The highest BCUT2D eigenvalue weighted by atomic mass is 35.5. The van der Waals surface area contributed by atoms with E-state index in [1.54, 1.807) is 0 Å². The predicted octanol–water partition coefficient (Wildman–Crippen LogP) is 1.78. The first-order valence-corrected chi connectivity index (χ1v) is 7.81. The second kappa shape index (κ2) is 9.50. The molecule has 1 fully saturated rings. The Bertz CT molecular complexity index is 512. The van der Waals surface area contributed by atoms with E-state index in [2.05, 4.69) is 20.9 Å². The molecule has 0 spiro atoms. The van der Waals surface area contributed by atoms with Gasteiger partial charge in [-0.1, -0.05) is 23.7 Å². The molecule has 0 aromatic heterocycles. The highest BCUT2D eigenvalue weighted by Gasteiger charge is 2.21. The number of ether oxygens (including phenoxy) is 1. The van der Waals surface area contributed by atoms with Gasteiger partial charge in [0.25, 0.3) is 6.47 Å². The number of hydrazine groups is 1. The molecule has 6 nitrogen and oxygen atoms in total. The maximum atomic E-state index is 11.7. The summed E-state index contributed by atoms with van der Waals surface area (Å²) in [4.78, 5) is 21.3. The second-order valence-corrected chi connectivity index (χ2v) is 6.52. The summed E-state index contributed by atoms with van der Waals surface area (Å²) in [7, 11) is 0. The van der Waals surface area contributed by atoms with Gasteiger partial charge in [0.2, 0.25) is 5.91 Å². The molecule has 0 saturated carbocycles. The molecule has 23 heavy (non-hydrogen) atoms. The number of halogens is 1. The monoisotopic (exact) mass is 341 g/mol. The number of benzene rings is 1. The van der Waals surface area contributed by atoms with Crippen molar-refractivity contribution in [3.8, 4) is 0 Å². The van der Waals surface area contributed by atoms with Crippen LogP contribution in [0.15, 0.2) is 24.3 Å². The quantitative estimate of drug-likeness (QED) is 0.727. The summed E-state index contributed by atoms with van der Waals surface area (Å²) in [5, 5.41) is 3.56. The number of amides is 1. The van der Waals surface area contributed by atoms with Crippen LogP contribution in [0.5, 0.6) is 0 Å². The summed E-state index contributed by atoms with van der Waals surface area (Å²) in [6.07, 6.45) is 0.821. The van der Waals surface area contributed by atoms with Crippen LogP contribution in [0, 0.1) is 0 Å². The molecule has 0 aliphatic carbocycles. The lowest BCUT2D eigenvalue weighted by Crippen LogP contribution is -2.42. The third kappa shape index (κ3) is 8.54. The van der Waals surface area contributed by atoms with Crippen LogP contribution in [-0.4, -0.2) is 30.6 Å². The molecule has 7 heteroatoms. The Hall–Kier alpha value is -1.63. The van der Waals surface area contributed by atoms with E-state index < -0.39 is 0 Å². The molecule has 1 heterocycles. The third-order valence-corrected chi connectivity index (χ3v) is 3.14. The Labute approximate surface area is 141 Å². The van der Waals surface area contributed by atoms with Crippen LogP contribution in [0.2, 0.25) is 5.02 Å². The minimum Gasteiger partial charge on any atom is -0.462 e. The van der Waals surface area contributed by atoms with Crippen molar-refractivity contribution in [3.05, 3.63) is 34.9 Å². The van der Waals surface area contributed by atoms with E-state index in [4.69, 9.17) is 11.6 Å². The van der Waals surface area contributed by atoms with Crippen molar-refractivity contribution < 1.29 is 14.3 Å². The van der Waals surface area contributed by atoms with Crippen molar-refractivity contribution in [1.82, 2.24) is 16.2 Å². The number of carbonyl (C=O) groups excluding carboxylic acids is 2. The summed E-state index contributed by atoms with van der Waals surface area (Å²) in [6, 6.07) is 7.35. The highest BCUT2D eigenvalue weighted by molar-refractivity contribution is 6.30. The minimum absolute atomic E-state index is 0.0185. The van der Waals surface area contributed by atoms with Crippen molar-refractivity contribution in [2.24, 2.45) is 0 Å². The van der Waals surface area contributed by atoms with E-state index in [1.165, 1.54) is 0 Å². The normalized spacial score (nSPS) is 17.0. The summed E-state index contributed by atoms with van der Waals surface area (Å²) in [6.45, 7) is 7.26. The number of carbonyl (C=O) groups is 2. The van der Waals surface area contributed by atoms with E-state index in [0.29, 0.717) is 18.0 Å². The molecule has 1 amide bonds. The van der Waals surface area contributed by atoms with E-state index in [9.17, 15) is 9.59 Å². The summed E-state index contributed by atoms with van der Waals surface area (Å²) >= 11 is 5.85. The van der Waals surface area contributed by atoms with Gasteiger partial charge in [-0.2, -0.15) is 0 Å². The molecule has 128 valence electrons. The zero-order valence-corrected chi connectivity index (χ0v) is 14.4. The number of rotatable bonds is 4. The lowest BCUT2D eigenvalue weighted by Gasteiger charge is -2.14. The molecular formula is C16H24ClN3O3. The van der Waals surface area contributed by atoms with Gasteiger partial charge in [-0.05, 0) is 44.9 Å². The van der Waals surface area contributed by atoms with Crippen molar-refractivity contribution in [2.45, 2.75) is 45.4 Å². The average molecular weight is 342 g/mol. The molecule has 1 aliphatic heterocycles. The highest BCUT2D eigenvalue weighted by Crippen LogP contribution is 2.10. The molecule has 1 aliphatic rings. The van der Waals surface area contributed by atoms with Gasteiger partial charge in [-0.25, -0.2) is 5.43 Å².